The topological polar surface area (TPSA) is 0 Å². The van der Waals surface area contributed by atoms with Gasteiger partial charge >= 0.3 is 0 Å². The fourth-order valence-electron chi connectivity index (χ4n) is 16.0. The summed E-state index contributed by atoms with van der Waals surface area (Å²) in [4.78, 5) is 0. The number of hydrogen-bond acceptors (Lipinski definition) is 0. The van der Waals surface area contributed by atoms with Crippen LogP contribution in [0, 0.1) is 13.8 Å². The summed E-state index contributed by atoms with van der Waals surface area (Å²) < 4.78 is 0. The molecule has 0 N–H and O–H groups in total. The summed E-state index contributed by atoms with van der Waals surface area (Å²) in [6, 6.07) is 135. The van der Waals surface area contributed by atoms with Crippen LogP contribution in [0.3, 0.4) is 0 Å². The SMILES string of the molecule is CC(C)(C)c1ccc2c(-c3cccc(-c4cccc(-c5cccc(-c6ccccc6)c5)c4)c3)c3ccc(C(C)(C)C)cc3c(-c3ccc4ccccc4c3)c2c1.Cc1ccc2c(-c3cccc(-c4cccc(-c5cccc(-c6ccccc6)c5)c4)c3)c3ccc(C)cc3c(-c3ccc4ccccc4c3)c2c1. The van der Waals surface area contributed by atoms with Crippen molar-refractivity contribution in [3.8, 4) is 111 Å². The first kappa shape index (κ1) is 66.7. The van der Waals surface area contributed by atoms with E-state index in [0.29, 0.717) is 0 Å². The number of rotatable bonds is 10. The molecule has 0 bridgehead atoms. The highest BCUT2D eigenvalue weighted by Crippen LogP contribution is 2.49. The van der Waals surface area contributed by atoms with Crippen LogP contribution in [0.15, 0.2) is 364 Å². The summed E-state index contributed by atoms with van der Waals surface area (Å²) >= 11 is 0. The quantitative estimate of drug-likeness (QED) is 0.120. The molecule has 0 fully saturated rings. The van der Waals surface area contributed by atoms with Crippen LogP contribution in [-0.2, 0) is 10.8 Å². The third kappa shape index (κ3) is 13.1. The van der Waals surface area contributed by atoms with Crippen LogP contribution in [0.1, 0.15) is 63.8 Å². The molecule has 0 heteroatoms. The predicted octanol–water partition coefficient (Wildman–Crippen LogP) is 30.2. The van der Waals surface area contributed by atoms with Gasteiger partial charge in [0.2, 0.25) is 0 Å². The average molecular weight is 1360 g/mol. The molecule has 0 amide bonds. The minimum atomic E-state index is 0.00275. The second-order valence-electron chi connectivity index (χ2n) is 31.0. The van der Waals surface area contributed by atoms with Crippen molar-refractivity contribution in [1.82, 2.24) is 0 Å². The van der Waals surface area contributed by atoms with Crippen molar-refractivity contribution in [1.29, 1.82) is 0 Å². The average Bonchev–Trinajstić information content (AvgIpc) is 0.727. The van der Waals surface area contributed by atoms with Gasteiger partial charge in [-0.15, -0.1) is 0 Å². The van der Waals surface area contributed by atoms with Crippen molar-refractivity contribution in [2.75, 3.05) is 0 Å². The number of hydrogen-bond donors (Lipinski definition) is 0. The highest BCUT2D eigenvalue weighted by atomic mass is 14.3. The van der Waals surface area contributed by atoms with Gasteiger partial charge < -0.3 is 0 Å². The molecular weight excluding hydrogens is 1270 g/mol. The minimum absolute atomic E-state index is 0.00275. The molecule has 18 aromatic rings. The Morgan fingerprint density at radius 2 is 0.387 bits per heavy atom. The van der Waals surface area contributed by atoms with Gasteiger partial charge in [0.1, 0.15) is 0 Å². The van der Waals surface area contributed by atoms with Crippen molar-refractivity contribution in [3.63, 3.8) is 0 Å². The largest absolute Gasteiger partial charge is 0.0622 e. The van der Waals surface area contributed by atoms with Gasteiger partial charge in [0.05, 0.1) is 0 Å². The fourth-order valence-corrected chi connectivity index (χ4v) is 16.0. The van der Waals surface area contributed by atoms with Gasteiger partial charge in [-0.2, -0.15) is 0 Å². The zero-order valence-corrected chi connectivity index (χ0v) is 61.6. The van der Waals surface area contributed by atoms with E-state index < -0.39 is 0 Å². The molecule has 0 aliphatic rings. The normalized spacial score (nSPS) is 11.8. The van der Waals surface area contributed by atoms with Crippen LogP contribution in [0.25, 0.3) is 176 Å². The van der Waals surface area contributed by atoms with Crippen LogP contribution < -0.4 is 0 Å². The molecule has 0 atom stereocenters. The third-order valence-corrected chi connectivity index (χ3v) is 21.7. The Hall–Kier alpha value is -12.5. The molecule has 0 nitrogen and oxygen atoms in total. The molecule has 0 aromatic heterocycles. The van der Waals surface area contributed by atoms with Gasteiger partial charge in [-0.25, -0.2) is 0 Å². The second-order valence-corrected chi connectivity index (χ2v) is 31.0. The molecule has 0 aliphatic carbocycles. The van der Waals surface area contributed by atoms with Crippen molar-refractivity contribution in [2.24, 2.45) is 0 Å². The lowest BCUT2D eigenvalue weighted by Gasteiger charge is -2.25. The van der Waals surface area contributed by atoms with Crippen molar-refractivity contribution in [3.05, 3.63) is 386 Å². The second kappa shape index (κ2) is 27.6. The molecule has 508 valence electrons. The van der Waals surface area contributed by atoms with Crippen LogP contribution >= 0.6 is 0 Å². The maximum atomic E-state index is 2.48. The molecule has 0 spiro atoms. The zero-order valence-electron chi connectivity index (χ0n) is 61.6. The molecule has 0 heterocycles. The Bertz CT molecular complexity index is 6270. The van der Waals surface area contributed by atoms with E-state index in [0.717, 1.165) is 0 Å². The van der Waals surface area contributed by atoms with Crippen molar-refractivity contribution >= 4 is 64.6 Å². The summed E-state index contributed by atoms with van der Waals surface area (Å²) in [5, 5.41) is 15.3. The molecule has 0 saturated carbocycles. The summed E-state index contributed by atoms with van der Waals surface area (Å²) in [5.74, 6) is 0. The van der Waals surface area contributed by atoms with Gasteiger partial charge in [-0.05, 0) is 272 Å². The van der Waals surface area contributed by atoms with E-state index in [9.17, 15) is 0 Å². The maximum absolute atomic E-state index is 2.48. The van der Waals surface area contributed by atoms with E-state index in [-0.39, 0.29) is 10.8 Å². The number of benzene rings is 18. The first-order chi connectivity index (χ1) is 51.6. The highest BCUT2D eigenvalue weighted by molar-refractivity contribution is 6.24. The summed E-state index contributed by atoms with van der Waals surface area (Å²) in [6.45, 7) is 18.3. The van der Waals surface area contributed by atoms with Crippen LogP contribution in [0.2, 0.25) is 0 Å². The lowest BCUT2D eigenvalue weighted by atomic mass is 9.79. The van der Waals surface area contributed by atoms with Gasteiger partial charge in [-0.1, -0.05) is 356 Å². The zero-order chi connectivity index (χ0) is 72.2. The van der Waals surface area contributed by atoms with Crippen LogP contribution in [0.5, 0.6) is 0 Å². The molecular formula is C106H84. The molecule has 0 saturated heterocycles. The van der Waals surface area contributed by atoms with E-state index in [1.807, 2.05) is 0 Å². The molecule has 0 radical (unpaired) electrons. The Morgan fingerprint density at radius 1 is 0.151 bits per heavy atom. The number of fused-ring (bicyclic) bond motifs is 6. The first-order valence-corrected chi connectivity index (χ1v) is 37.3. The Kier molecular flexibility index (Phi) is 17.4. The summed E-state index contributed by atoms with van der Waals surface area (Å²) in [5.41, 5.74) is 30.0. The summed E-state index contributed by atoms with van der Waals surface area (Å²) in [6.07, 6.45) is 0. The van der Waals surface area contributed by atoms with E-state index in [1.54, 1.807) is 0 Å². The smallest absolute Gasteiger partial charge is 0.00259 e. The molecule has 18 aromatic carbocycles. The highest BCUT2D eigenvalue weighted by Gasteiger charge is 2.25. The molecule has 0 unspecified atom stereocenters. The molecule has 106 heavy (non-hydrogen) atoms. The Labute approximate surface area is 624 Å². The van der Waals surface area contributed by atoms with Crippen molar-refractivity contribution in [2.45, 2.75) is 66.2 Å². The predicted molar refractivity (Wildman–Crippen MR) is 459 cm³/mol. The molecule has 0 aliphatic heterocycles. The van der Waals surface area contributed by atoms with E-state index >= 15 is 0 Å². The van der Waals surface area contributed by atoms with Gasteiger partial charge in [-0.3, -0.25) is 0 Å². The third-order valence-electron chi connectivity index (χ3n) is 21.7. The van der Waals surface area contributed by atoms with Crippen LogP contribution in [-0.4, -0.2) is 0 Å². The Balaban J connectivity index is 0.000000157. The van der Waals surface area contributed by atoms with Crippen molar-refractivity contribution < 1.29 is 0 Å². The van der Waals surface area contributed by atoms with Gasteiger partial charge in [0.25, 0.3) is 0 Å². The minimum Gasteiger partial charge on any atom is -0.0622 e. The lowest BCUT2D eigenvalue weighted by molar-refractivity contribution is 0.591. The Morgan fingerprint density at radius 3 is 0.708 bits per heavy atom. The maximum Gasteiger partial charge on any atom is -0.00259 e. The number of aryl methyl sites for hydroxylation is 2. The standard InChI is InChI=1S/C56H48.C50H36/c1-55(2,3)47-27-29-49-51(35-47)54(46-26-25-38-17-10-11-18-39(38)33-46)52-36-48(56(4,5)6)28-30-50(52)53(49)45-24-14-23-44(34-45)43-22-13-21-42(32-43)41-20-12-19-40(31-41)37-15-8-7-9-16-37;1-33-21-25-45-47(27-33)50(44-24-23-36-13-6-7-14-37(36)31-44)48-28-34(2)22-26-46(48)49(45)43-20-10-19-42(32-43)41-18-9-17-40(30-41)39-16-8-15-38(29-39)35-11-4-3-5-12-35/h7-36H,1-6H3;3-32H,1-2H3. The van der Waals surface area contributed by atoms with Gasteiger partial charge in [0.15, 0.2) is 0 Å². The van der Waals surface area contributed by atoms with E-state index in [4.69, 9.17) is 0 Å². The van der Waals surface area contributed by atoms with Gasteiger partial charge in [0, 0.05) is 0 Å². The summed E-state index contributed by atoms with van der Waals surface area (Å²) in [7, 11) is 0. The van der Waals surface area contributed by atoms with Crippen LogP contribution in [0.4, 0.5) is 0 Å². The monoisotopic (exact) mass is 1360 g/mol. The fraction of sp³-hybridized carbons (Fsp3) is 0.0943. The lowest BCUT2D eigenvalue weighted by Crippen LogP contribution is -2.11. The first-order valence-electron chi connectivity index (χ1n) is 37.3. The van der Waals surface area contributed by atoms with E-state index in [2.05, 4.69) is 419 Å². The van der Waals surface area contributed by atoms with E-state index in [1.165, 1.54) is 198 Å². The molecule has 18 rings (SSSR count).